The van der Waals surface area contributed by atoms with Crippen LogP contribution in [0, 0.1) is 0 Å². The van der Waals surface area contributed by atoms with E-state index in [1.165, 1.54) is 6.20 Å². The predicted octanol–water partition coefficient (Wildman–Crippen LogP) is 0.321. The molecule has 1 aromatic rings. The van der Waals surface area contributed by atoms with Crippen LogP contribution in [0.4, 0.5) is 5.13 Å². The number of hydrogen-bond donors (Lipinski definition) is 1. The zero-order valence-electron chi connectivity index (χ0n) is 10.5. The molecule has 18 heavy (non-hydrogen) atoms. The lowest BCUT2D eigenvalue weighted by Crippen LogP contribution is -2.45. The molecule has 2 rings (SSSR count). The molecule has 0 saturated carbocycles. The van der Waals surface area contributed by atoms with Gasteiger partial charge < -0.3 is 9.80 Å². The summed E-state index contributed by atoms with van der Waals surface area (Å²) in [5.74, 6) is 0. The normalized spacial score (nSPS) is 21.6. The Bertz CT molecular complexity index is 512. The van der Waals surface area contributed by atoms with Crippen molar-refractivity contribution in [1.82, 2.24) is 9.88 Å². The van der Waals surface area contributed by atoms with Gasteiger partial charge in [0, 0.05) is 19.1 Å². The zero-order chi connectivity index (χ0) is 13.3. The van der Waals surface area contributed by atoms with Crippen LogP contribution in [-0.4, -0.2) is 51.5 Å². The van der Waals surface area contributed by atoms with Gasteiger partial charge in [0.15, 0.2) is 9.34 Å². The van der Waals surface area contributed by atoms with Crippen molar-refractivity contribution < 1.29 is 8.42 Å². The molecular weight excluding hydrogens is 272 g/mol. The first-order valence-electron chi connectivity index (χ1n) is 5.78. The number of aromatic nitrogens is 1. The Kier molecular flexibility index (Phi) is 3.90. The van der Waals surface area contributed by atoms with Gasteiger partial charge in [-0.1, -0.05) is 11.3 Å². The fraction of sp³-hybridized carbons (Fsp3) is 0.700. The molecule has 0 radical (unpaired) electrons. The largest absolute Gasteiger partial charge is 0.346 e. The van der Waals surface area contributed by atoms with E-state index in [1.54, 1.807) is 0 Å². The van der Waals surface area contributed by atoms with Gasteiger partial charge >= 0.3 is 0 Å². The predicted molar refractivity (Wildman–Crippen MR) is 72.4 cm³/mol. The molecule has 1 saturated heterocycles. The van der Waals surface area contributed by atoms with Crippen molar-refractivity contribution >= 4 is 26.5 Å². The van der Waals surface area contributed by atoms with Crippen LogP contribution in [0.1, 0.15) is 12.8 Å². The Balaban J connectivity index is 2.14. The van der Waals surface area contributed by atoms with Crippen LogP contribution in [0.2, 0.25) is 0 Å². The minimum absolute atomic E-state index is 0.129. The number of sulfonamides is 1. The van der Waals surface area contributed by atoms with Gasteiger partial charge in [-0.15, -0.1) is 0 Å². The molecule has 1 unspecified atom stereocenters. The van der Waals surface area contributed by atoms with E-state index in [0.717, 1.165) is 42.4 Å². The monoisotopic (exact) mass is 290 g/mol. The number of nitrogens with zero attached hydrogens (tertiary/aromatic N) is 3. The summed E-state index contributed by atoms with van der Waals surface area (Å²) in [6.45, 7) is 1.80. The highest BCUT2D eigenvalue weighted by Crippen LogP contribution is 2.28. The molecule has 8 heteroatoms. The third-order valence-corrected chi connectivity index (χ3v) is 5.62. The van der Waals surface area contributed by atoms with Crippen LogP contribution in [0.5, 0.6) is 0 Å². The third-order valence-electron chi connectivity index (χ3n) is 3.15. The van der Waals surface area contributed by atoms with Crippen molar-refractivity contribution in [3.8, 4) is 0 Å². The van der Waals surface area contributed by atoms with E-state index in [0.29, 0.717) is 6.04 Å². The van der Waals surface area contributed by atoms with E-state index in [1.807, 2.05) is 0 Å². The van der Waals surface area contributed by atoms with Crippen molar-refractivity contribution in [1.29, 1.82) is 0 Å². The molecule has 0 bridgehead atoms. The average molecular weight is 290 g/mol. The summed E-state index contributed by atoms with van der Waals surface area (Å²) in [4.78, 5) is 8.49. The Morgan fingerprint density at radius 3 is 2.83 bits per heavy atom. The summed E-state index contributed by atoms with van der Waals surface area (Å²) in [6.07, 6.45) is 3.60. The highest BCUT2D eigenvalue weighted by molar-refractivity contribution is 7.91. The molecule has 1 aliphatic heterocycles. The van der Waals surface area contributed by atoms with Crippen molar-refractivity contribution in [2.45, 2.75) is 23.1 Å². The summed E-state index contributed by atoms with van der Waals surface area (Å²) >= 11 is 1.14. The molecule has 1 fully saturated rings. The number of primary sulfonamides is 1. The highest BCUT2D eigenvalue weighted by Gasteiger charge is 2.24. The molecule has 0 aromatic carbocycles. The Hall–Kier alpha value is -0.700. The molecule has 2 heterocycles. The lowest BCUT2D eigenvalue weighted by atomic mass is 10.1. The Labute approximate surface area is 111 Å². The maximum Gasteiger partial charge on any atom is 0.249 e. The number of piperidine rings is 1. The second kappa shape index (κ2) is 5.12. The van der Waals surface area contributed by atoms with Gasteiger partial charge in [-0.25, -0.2) is 18.5 Å². The van der Waals surface area contributed by atoms with Crippen molar-refractivity contribution in [2.75, 3.05) is 32.1 Å². The minimum Gasteiger partial charge on any atom is -0.346 e. The van der Waals surface area contributed by atoms with Crippen LogP contribution in [0.3, 0.4) is 0 Å². The van der Waals surface area contributed by atoms with Crippen molar-refractivity contribution in [3.63, 3.8) is 0 Å². The van der Waals surface area contributed by atoms with Crippen LogP contribution < -0.4 is 10.0 Å². The van der Waals surface area contributed by atoms with Crippen molar-refractivity contribution in [3.05, 3.63) is 6.20 Å². The Morgan fingerprint density at radius 1 is 1.56 bits per heavy atom. The number of nitrogens with two attached hydrogens (primary N) is 1. The quantitative estimate of drug-likeness (QED) is 0.867. The number of likely N-dealkylation sites (N-methyl/N-ethyl adjacent to an activating group) is 1. The summed E-state index contributed by atoms with van der Waals surface area (Å²) in [7, 11) is 0.491. The van der Waals surface area contributed by atoms with Crippen LogP contribution in [0.25, 0.3) is 0 Å². The molecular formula is C10H18N4O2S2. The van der Waals surface area contributed by atoms with Crippen LogP contribution >= 0.6 is 11.3 Å². The smallest absolute Gasteiger partial charge is 0.249 e. The van der Waals surface area contributed by atoms with Gasteiger partial charge in [0.25, 0.3) is 0 Å². The number of thiazole rings is 1. The first-order valence-corrected chi connectivity index (χ1v) is 8.14. The molecule has 6 nitrogen and oxygen atoms in total. The van der Waals surface area contributed by atoms with E-state index in [-0.39, 0.29) is 4.21 Å². The fourth-order valence-electron chi connectivity index (χ4n) is 2.08. The average Bonchev–Trinajstić information content (AvgIpc) is 2.78. The maximum atomic E-state index is 11.2. The van der Waals surface area contributed by atoms with Gasteiger partial charge in [0.05, 0.1) is 6.20 Å². The van der Waals surface area contributed by atoms with Gasteiger partial charge in [-0.2, -0.15) is 0 Å². The van der Waals surface area contributed by atoms with Gasteiger partial charge in [0.1, 0.15) is 0 Å². The highest BCUT2D eigenvalue weighted by atomic mass is 32.2. The lowest BCUT2D eigenvalue weighted by molar-refractivity contribution is 0.258. The third kappa shape index (κ3) is 3.00. The van der Waals surface area contributed by atoms with Crippen LogP contribution in [0.15, 0.2) is 10.4 Å². The second-order valence-corrected chi connectivity index (χ2v) is 7.51. The summed E-state index contributed by atoms with van der Waals surface area (Å²) in [5.41, 5.74) is 0. The second-order valence-electron chi connectivity index (χ2n) is 4.71. The molecule has 0 aliphatic carbocycles. The van der Waals surface area contributed by atoms with E-state index >= 15 is 0 Å². The molecule has 1 aromatic heterocycles. The molecule has 1 atom stereocenters. The molecule has 102 valence electrons. The summed E-state index contributed by atoms with van der Waals surface area (Å²) < 4.78 is 22.6. The van der Waals surface area contributed by atoms with E-state index < -0.39 is 10.0 Å². The standard InChI is InChI=1S/C10H18N4O2S2/c1-13(2)8-4-3-5-14(7-8)10-12-6-9(17-10)18(11,15)16/h6,8H,3-5,7H2,1-2H3,(H2,11,15,16). The van der Waals surface area contributed by atoms with Crippen molar-refractivity contribution in [2.24, 2.45) is 5.14 Å². The first-order chi connectivity index (χ1) is 8.38. The first kappa shape index (κ1) is 13.7. The fourth-order valence-corrected chi connectivity index (χ4v) is 3.65. The topological polar surface area (TPSA) is 79.5 Å². The van der Waals surface area contributed by atoms with E-state index in [9.17, 15) is 8.42 Å². The minimum atomic E-state index is -3.63. The lowest BCUT2D eigenvalue weighted by Gasteiger charge is -2.35. The molecule has 2 N–H and O–H groups in total. The summed E-state index contributed by atoms with van der Waals surface area (Å²) in [6, 6.07) is 0.487. The Morgan fingerprint density at radius 2 is 2.28 bits per heavy atom. The SMILES string of the molecule is CN(C)C1CCCN(c2ncc(S(N)(=O)=O)s2)C1. The van der Waals surface area contributed by atoms with Gasteiger partial charge in [-0.05, 0) is 26.9 Å². The molecule has 1 aliphatic rings. The van der Waals surface area contributed by atoms with Gasteiger partial charge in [-0.3, -0.25) is 0 Å². The van der Waals surface area contributed by atoms with Crippen LogP contribution in [-0.2, 0) is 10.0 Å². The molecule has 0 spiro atoms. The van der Waals surface area contributed by atoms with Gasteiger partial charge in [0.2, 0.25) is 10.0 Å². The molecule has 0 amide bonds. The maximum absolute atomic E-state index is 11.2. The van der Waals surface area contributed by atoms with E-state index in [2.05, 4.69) is 28.9 Å². The summed E-state index contributed by atoms with van der Waals surface area (Å²) in [5, 5.41) is 5.83. The number of anilines is 1. The zero-order valence-corrected chi connectivity index (χ0v) is 12.2. The number of hydrogen-bond acceptors (Lipinski definition) is 6. The number of rotatable bonds is 3. The van der Waals surface area contributed by atoms with E-state index in [4.69, 9.17) is 5.14 Å².